The van der Waals surface area contributed by atoms with Gasteiger partial charge in [-0.1, -0.05) is 37.6 Å². The second kappa shape index (κ2) is 2.18. The van der Waals surface area contributed by atoms with E-state index in [0.717, 1.165) is 11.5 Å². The summed E-state index contributed by atoms with van der Waals surface area (Å²) in [6.07, 6.45) is 7.17. The molecule has 1 aliphatic carbocycles. The maximum atomic E-state index is 5.92. The number of rotatable bonds is 0. The fourth-order valence-electron chi connectivity index (χ4n) is 0.838. The molecule has 0 heterocycles. The fraction of sp³-hybridized carbons (Fsp3) is 0.500. The van der Waals surface area contributed by atoms with Crippen molar-refractivity contribution in [2.24, 2.45) is 5.41 Å². The smallest absolute Gasteiger partial charge is 0.0240 e. The van der Waals surface area contributed by atoms with Crippen LogP contribution in [0, 0.1) is 5.41 Å². The summed E-state index contributed by atoms with van der Waals surface area (Å²) in [4.78, 5) is 0. The largest absolute Gasteiger partial charge is 0.0885 e. The first-order valence-corrected chi connectivity index (χ1v) is 3.53. The molecule has 0 spiro atoms. The molecule has 0 radical (unpaired) electrons. The van der Waals surface area contributed by atoms with Gasteiger partial charge in [0.1, 0.15) is 0 Å². The Morgan fingerprint density at radius 2 is 2.22 bits per heavy atom. The third-order valence-electron chi connectivity index (χ3n) is 1.65. The Balaban J connectivity index is 2.83. The molecule has 0 aromatic rings. The van der Waals surface area contributed by atoms with Crippen molar-refractivity contribution in [2.75, 3.05) is 0 Å². The molecule has 0 saturated heterocycles. The van der Waals surface area contributed by atoms with Crippen molar-refractivity contribution >= 4 is 11.6 Å². The minimum Gasteiger partial charge on any atom is -0.0885 e. The Kier molecular flexibility index (Phi) is 1.67. The average molecular weight is 143 g/mol. The lowest BCUT2D eigenvalue weighted by Crippen LogP contribution is -2.11. The van der Waals surface area contributed by atoms with Gasteiger partial charge in [-0.25, -0.2) is 0 Å². The molecule has 9 heavy (non-hydrogen) atoms. The van der Waals surface area contributed by atoms with Crippen LogP contribution >= 0.6 is 11.6 Å². The molecule has 1 rings (SSSR count). The molecule has 0 N–H and O–H groups in total. The zero-order valence-corrected chi connectivity index (χ0v) is 6.57. The van der Waals surface area contributed by atoms with E-state index in [1.807, 2.05) is 12.2 Å². The lowest BCUT2D eigenvalue weighted by atomic mass is 9.86. The van der Waals surface area contributed by atoms with E-state index in [-0.39, 0.29) is 5.41 Å². The molecule has 50 valence electrons. The highest BCUT2D eigenvalue weighted by Crippen LogP contribution is 2.35. The van der Waals surface area contributed by atoms with Crippen LogP contribution in [0.5, 0.6) is 0 Å². The van der Waals surface area contributed by atoms with Gasteiger partial charge in [-0.15, -0.1) is 0 Å². The molecule has 0 bridgehead atoms. The van der Waals surface area contributed by atoms with Crippen LogP contribution in [0.1, 0.15) is 20.3 Å². The second-order valence-corrected chi connectivity index (χ2v) is 3.44. The van der Waals surface area contributed by atoms with Gasteiger partial charge >= 0.3 is 0 Å². The van der Waals surface area contributed by atoms with Crippen molar-refractivity contribution in [3.05, 3.63) is 23.3 Å². The highest BCUT2D eigenvalue weighted by molar-refractivity contribution is 6.30. The summed E-state index contributed by atoms with van der Waals surface area (Å²) in [7, 11) is 0. The van der Waals surface area contributed by atoms with Crippen LogP contribution in [0.3, 0.4) is 0 Å². The minimum absolute atomic E-state index is 0.177. The third-order valence-corrected chi connectivity index (χ3v) is 2.29. The summed E-state index contributed by atoms with van der Waals surface area (Å²) in [6.45, 7) is 4.30. The molecule has 1 aliphatic rings. The summed E-state index contributed by atoms with van der Waals surface area (Å²) >= 11 is 5.92. The van der Waals surface area contributed by atoms with Crippen molar-refractivity contribution in [3.8, 4) is 0 Å². The summed E-state index contributed by atoms with van der Waals surface area (Å²) in [5.74, 6) is 0. The minimum atomic E-state index is 0.177. The van der Waals surface area contributed by atoms with Gasteiger partial charge < -0.3 is 0 Å². The maximum absolute atomic E-state index is 5.92. The van der Waals surface area contributed by atoms with E-state index in [9.17, 15) is 0 Å². The lowest BCUT2D eigenvalue weighted by molar-refractivity contribution is 0.472. The van der Waals surface area contributed by atoms with E-state index < -0.39 is 0 Å². The van der Waals surface area contributed by atoms with E-state index in [1.54, 1.807) is 0 Å². The quantitative estimate of drug-likeness (QED) is 0.488. The van der Waals surface area contributed by atoms with E-state index in [0.29, 0.717) is 0 Å². The molecule has 0 aliphatic heterocycles. The van der Waals surface area contributed by atoms with Crippen LogP contribution in [-0.2, 0) is 0 Å². The SMILES string of the molecule is CC1(C)CC=CC=C1Cl. The van der Waals surface area contributed by atoms with Gasteiger partial charge in [0.25, 0.3) is 0 Å². The first-order chi connectivity index (χ1) is 4.13. The van der Waals surface area contributed by atoms with Gasteiger partial charge in [0.15, 0.2) is 0 Å². The number of halogens is 1. The van der Waals surface area contributed by atoms with E-state index >= 15 is 0 Å². The van der Waals surface area contributed by atoms with Crippen LogP contribution < -0.4 is 0 Å². The van der Waals surface area contributed by atoms with Crippen LogP contribution in [0.15, 0.2) is 23.3 Å². The van der Waals surface area contributed by atoms with Gasteiger partial charge in [0.05, 0.1) is 0 Å². The maximum Gasteiger partial charge on any atom is 0.0240 e. The summed E-state index contributed by atoms with van der Waals surface area (Å²) in [5, 5.41) is 0.963. The van der Waals surface area contributed by atoms with Crippen molar-refractivity contribution in [2.45, 2.75) is 20.3 Å². The van der Waals surface area contributed by atoms with E-state index in [1.165, 1.54) is 0 Å². The average Bonchev–Trinajstić information content (AvgIpc) is 1.77. The Morgan fingerprint density at radius 3 is 2.56 bits per heavy atom. The predicted octanol–water partition coefficient (Wildman–Crippen LogP) is 3.10. The second-order valence-electron chi connectivity index (χ2n) is 3.03. The van der Waals surface area contributed by atoms with Crippen LogP contribution in [0.4, 0.5) is 0 Å². The Bertz CT molecular complexity index is 163. The highest BCUT2D eigenvalue weighted by atomic mass is 35.5. The van der Waals surface area contributed by atoms with Crippen molar-refractivity contribution in [3.63, 3.8) is 0 Å². The van der Waals surface area contributed by atoms with Gasteiger partial charge in [0, 0.05) is 10.4 Å². The zero-order chi connectivity index (χ0) is 6.91. The van der Waals surface area contributed by atoms with Crippen LogP contribution in [0.25, 0.3) is 0 Å². The zero-order valence-electron chi connectivity index (χ0n) is 5.82. The van der Waals surface area contributed by atoms with Gasteiger partial charge in [0.2, 0.25) is 0 Å². The number of hydrogen-bond acceptors (Lipinski definition) is 0. The predicted molar refractivity (Wildman–Crippen MR) is 41.5 cm³/mol. The molecular weight excluding hydrogens is 132 g/mol. The summed E-state index contributed by atoms with van der Waals surface area (Å²) in [6, 6.07) is 0. The van der Waals surface area contributed by atoms with E-state index in [2.05, 4.69) is 19.9 Å². The van der Waals surface area contributed by atoms with Gasteiger partial charge in [-0.3, -0.25) is 0 Å². The molecule has 0 atom stereocenters. The molecule has 0 aromatic heterocycles. The first-order valence-electron chi connectivity index (χ1n) is 3.16. The van der Waals surface area contributed by atoms with Gasteiger partial charge in [-0.2, -0.15) is 0 Å². The third kappa shape index (κ3) is 1.36. The molecule has 0 fully saturated rings. The van der Waals surface area contributed by atoms with Gasteiger partial charge in [-0.05, 0) is 12.5 Å². The Hall–Kier alpha value is -0.230. The highest BCUT2D eigenvalue weighted by Gasteiger charge is 2.21. The first kappa shape index (κ1) is 6.88. The molecule has 1 heteroatoms. The standard InChI is InChI=1S/C8H11Cl/c1-8(2)6-4-3-5-7(8)9/h3-5H,6H2,1-2H3. The molecule has 0 saturated carbocycles. The lowest BCUT2D eigenvalue weighted by Gasteiger charge is -2.24. The summed E-state index contributed by atoms with van der Waals surface area (Å²) in [5.41, 5.74) is 0.177. The number of allylic oxidation sites excluding steroid dienone is 4. The van der Waals surface area contributed by atoms with E-state index in [4.69, 9.17) is 11.6 Å². The fourth-order valence-corrected chi connectivity index (χ4v) is 0.988. The van der Waals surface area contributed by atoms with Crippen LogP contribution in [0.2, 0.25) is 0 Å². The Labute approximate surface area is 61.2 Å². The summed E-state index contributed by atoms with van der Waals surface area (Å²) < 4.78 is 0. The van der Waals surface area contributed by atoms with Crippen molar-refractivity contribution in [1.29, 1.82) is 0 Å². The Morgan fingerprint density at radius 1 is 1.56 bits per heavy atom. The molecule has 0 aromatic carbocycles. The van der Waals surface area contributed by atoms with Crippen molar-refractivity contribution < 1.29 is 0 Å². The topological polar surface area (TPSA) is 0 Å². The normalized spacial score (nSPS) is 23.7. The molecule has 0 unspecified atom stereocenters. The van der Waals surface area contributed by atoms with Crippen LogP contribution in [-0.4, -0.2) is 0 Å². The molecule has 0 amide bonds. The van der Waals surface area contributed by atoms with Crippen molar-refractivity contribution in [1.82, 2.24) is 0 Å². The number of hydrogen-bond donors (Lipinski definition) is 0. The monoisotopic (exact) mass is 142 g/mol. The molecular formula is C8H11Cl. The molecule has 0 nitrogen and oxygen atoms in total.